The molecule has 0 amide bonds. The van der Waals surface area contributed by atoms with Crippen molar-refractivity contribution in [1.29, 1.82) is 0 Å². The van der Waals surface area contributed by atoms with Crippen molar-refractivity contribution < 1.29 is 0 Å². The lowest BCUT2D eigenvalue weighted by Gasteiger charge is -1.96. The highest BCUT2D eigenvalue weighted by Gasteiger charge is 2.12. The van der Waals surface area contributed by atoms with Crippen molar-refractivity contribution in [2.75, 3.05) is 0 Å². The summed E-state index contributed by atoms with van der Waals surface area (Å²) in [5, 5.41) is 1.22. The maximum atomic E-state index is 3.13. The molecule has 0 saturated carbocycles. The third kappa shape index (κ3) is 0.648. The van der Waals surface area contributed by atoms with E-state index in [-0.39, 0.29) is 0 Å². The molecule has 1 aliphatic rings. The van der Waals surface area contributed by atoms with Gasteiger partial charge in [0.25, 0.3) is 0 Å². The minimum atomic E-state index is 1.18. The highest BCUT2D eigenvalue weighted by Crippen LogP contribution is 2.23. The minimum Gasteiger partial charge on any atom is -0.344 e. The number of fused-ring (bicyclic) bond motifs is 3. The second-order valence-electron chi connectivity index (χ2n) is 3.29. The van der Waals surface area contributed by atoms with Crippen molar-refractivity contribution in [2.24, 2.45) is 0 Å². The molecule has 1 nitrogen and oxygen atoms in total. The summed E-state index contributed by atoms with van der Waals surface area (Å²) >= 11 is 0. The monoisotopic (exact) mass is 155 g/mol. The summed E-state index contributed by atoms with van der Waals surface area (Å²) in [5.41, 5.74) is 2.78. The summed E-state index contributed by atoms with van der Waals surface area (Å²) in [6.07, 6.45) is 2.52. The first-order valence-electron chi connectivity index (χ1n) is 4.36. The van der Waals surface area contributed by atoms with Gasteiger partial charge in [0.05, 0.1) is 10.9 Å². The number of rotatable bonds is 0. The van der Waals surface area contributed by atoms with E-state index >= 15 is 0 Å². The zero-order valence-corrected chi connectivity index (χ0v) is 6.80. The first kappa shape index (κ1) is 6.14. The Morgan fingerprint density at radius 1 is 1.42 bits per heavy atom. The van der Waals surface area contributed by atoms with Crippen LogP contribution in [0.15, 0.2) is 18.2 Å². The fourth-order valence-electron chi connectivity index (χ4n) is 2.03. The van der Waals surface area contributed by atoms with Crippen LogP contribution in [0.4, 0.5) is 0 Å². The van der Waals surface area contributed by atoms with Gasteiger partial charge in [0.1, 0.15) is 0 Å². The molecular formula is C11H9N. The Hall–Kier alpha value is -1.42. The van der Waals surface area contributed by atoms with Crippen LogP contribution >= 0.6 is 0 Å². The molecule has 3 rings (SSSR count). The molecule has 0 radical (unpaired) electrons. The quantitative estimate of drug-likeness (QED) is 0.549. The average Bonchev–Trinajstić information content (AvgIpc) is 2.62. The molecule has 0 atom stereocenters. The van der Waals surface area contributed by atoms with E-state index in [0.717, 1.165) is 0 Å². The summed E-state index contributed by atoms with van der Waals surface area (Å²) < 4.78 is 2.39. The first-order valence-corrected chi connectivity index (χ1v) is 4.36. The van der Waals surface area contributed by atoms with Crippen LogP contribution in [0.1, 0.15) is 12.1 Å². The maximum Gasteiger partial charge on any atom is 0.0574 e. The molecule has 58 valence electrons. The standard InChI is InChI=1S/C11H9N/c1-2-6-11-9(4-1)8-10-5-3-7-12(10)11/h2,6,8H,3,5,7H2. The van der Waals surface area contributed by atoms with Gasteiger partial charge in [-0.25, -0.2) is 0 Å². The van der Waals surface area contributed by atoms with Gasteiger partial charge in [-0.3, -0.25) is 0 Å². The van der Waals surface area contributed by atoms with Crippen molar-refractivity contribution in [2.45, 2.75) is 19.4 Å². The third-order valence-electron chi connectivity index (χ3n) is 2.57. The molecule has 2 aromatic rings. The van der Waals surface area contributed by atoms with Crippen LogP contribution < -0.4 is 0 Å². The van der Waals surface area contributed by atoms with Gasteiger partial charge < -0.3 is 4.57 Å². The Morgan fingerprint density at radius 3 is 3.42 bits per heavy atom. The summed E-state index contributed by atoms with van der Waals surface area (Å²) in [6.45, 7) is 1.18. The fourth-order valence-corrected chi connectivity index (χ4v) is 2.03. The summed E-state index contributed by atoms with van der Waals surface area (Å²) in [4.78, 5) is 0. The van der Waals surface area contributed by atoms with Gasteiger partial charge >= 0.3 is 0 Å². The summed E-state index contributed by atoms with van der Waals surface area (Å²) in [7, 11) is 0. The third-order valence-corrected chi connectivity index (χ3v) is 2.57. The lowest BCUT2D eigenvalue weighted by molar-refractivity contribution is 0.772. The van der Waals surface area contributed by atoms with Crippen LogP contribution in [0.3, 0.4) is 0 Å². The highest BCUT2D eigenvalue weighted by atomic mass is 15.0. The lowest BCUT2D eigenvalue weighted by atomic mass is 10.2. The normalized spacial score (nSPS) is 14.7. The molecule has 0 N–H and O–H groups in total. The van der Waals surface area contributed by atoms with Crippen LogP contribution in [0.2, 0.25) is 0 Å². The predicted octanol–water partition coefficient (Wildman–Crippen LogP) is 2.19. The molecule has 0 spiro atoms. The van der Waals surface area contributed by atoms with Gasteiger partial charge in [-0.2, -0.15) is 0 Å². The van der Waals surface area contributed by atoms with E-state index in [2.05, 4.69) is 28.8 Å². The number of hydrogen-bond acceptors (Lipinski definition) is 0. The summed E-state index contributed by atoms with van der Waals surface area (Å²) in [6, 6.07) is 12.4. The second-order valence-corrected chi connectivity index (χ2v) is 3.29. The highest BCUT2D eigenvalue weighted by molar-refractivity contribution is 5.79. The van der Waals surface area contributed by atoms with E-state index in [4.69, 9.17) is 0 Å². The van der Waals surface area contributed by atoms with Gasteiger partial charge in [-0.15, -0.1) is 0 Å². The van der Waals surface area contributed by atoms with Crippen molar-refractivity contribution in [1.82, 2.24) is 4.57 Å². The van der Waals surface area contributed by atoms with Gasteiger partial charge in [-0.05, 0) is 31.0 Å². The number of aryl methyl sites for hydroxylation is 2. The van der Waals surface area contributed by atoms with Gasteiger partial charge in [0.15, 0.2) is 0 Å². The van der Waals surface area contributed by atoms with Crippen molar-refractivity contribution in [3.8, 4) is 0 Å². The van der Waals surface area contributed by atoms with E-state index in [1.54, 1.807) is 0 Å². The van der Waals surface area contributed by atoms with Crippen molar-refractivity contribution in [3.05, 3.63) is 36.0 Å². The molecule has 0 fully saturated rings. The van der Waals surface area contributed by atoms with E-state index in [0.29, 0.717) is 0 Å². The molecule has 0 aliphatic carbocycles. The molecule has 1 aliphatic heterocycles. The first-order chi connectivity index (χ1) is 5.95. The number of hydrogen-bond donors (Lipinski definition) is 0. The average molecular weight is 155 g/mol. The fraction of sp³-hybridized carbons (Fsp3) is 0.273. The number of aromatic nitrogens is 1. The van der Waals surface area contributed by atoms with E-state index < -0.39 is 0 Å². The van der Waals surface area contributed by atoms with Crippen molar-refractivity contribution in [3.63, 3.8) is 0 Å². The molecule has 0 saturated heterocycles. The van der Waals surface area contributed by atoms with Crippen LogP contribution in [0, 0.1) is 12.1 Å². The topological polar surface area (TPSA) is 4.93 Å². The molecule has 1 heteroatoms. The van der Waals surface area contributed by atoms with Gasteiger partial charge in [0, 0.05) is 12.2 Å². The molecular weight excluding hydrogens is 146 g/mol. The smallest absolute Gasteiger partial charge is 0.0574 e. The van der Waals surface area contributed by atoms with E-state index in [1.165, 1.54) is 36.0 Å². The van der Waals surface area contributed by atoms with Gasteiger partial charge in [-0.1, -0.05) is 12.1 Å². The zero-order chi connectivity index (χ0) is 7.97. The van der Waals surface area contributed by atoms with Crippen LogP contribution in [-0.4, -0.2) is 4.57 Å². The largest absolute Gasteiger partial charge is 0.344 e. The van der Waals surface area contributed by atoms with Gasteiger partial charge in [0.2, 0.25) is 0 Å². The molecule has 2 heterocycles. The Kier molecular flexibility index (Phi) is 1.04. The van der Waals surface area contributed by atoms with Crippen LogP contribution in [0.25, 0.3) is 10.9 Å². The molecule has 1 aromatic carbocycles. The number of nitrogens with zero attached hydrogens (tertiary/aromatic N) is 1. The van der Waals surface area contributed by atoms with Crippen LogP contribution in [0.5, 0.6) is 0 Å². The SMILES string of the molecule is c1ccc2c(c#1)cc1n2CCC1. The minimum absolute atomic E-state index is 1.18. The lowest BCUT2D eigenvalue weighted by Crippen LogP contribution is -1.89. The molecule has 0 bridgehead atoms. The van der Waals surface area contributed by atoms with E-state index in [1.807, 2.05) is 6.07 Å². The Balaban J connectivity index is 2.44. The van der Waals surface area contributed by atoms with E-state index in [9.17, 15) is 0 Å². The molecule has 1 aromatic heterocycles. The molecule has 12 heavy (non-hydrogen) atoms. The Bertz CT molecular complexity index is 425. The van der Waals surface area contributed by atoms with Crippen molar-refractivity contribution >= 4 is 10.9 Å². The molecule has 0 unspecified atom stereocenters. The van der Waals surface area contributed by atoms with Crippen LogP contribution in [-0.2, 0) is 13.0 Å². The summed E-state index contributed by atoms with van der Waals surface area (Å²) in [5.74, 6) is 0. The predicted molar refractivity (Wildman–Crippen MR) is 47.9 cm³/mol. The zero-order valence-electron chi connectivity index (χ0n) is 6.80. The maximum absolute atomic E-state index is 3.13. The Labute approximate surface area is 71.6 Å². The second kappa shape index (κ2) is 2.04. The Morgan fingerprint density at radius 2 is 2.42 bits per heavy atom.